The number of fused-ring (bicyclic) bond motifs is 2. The minimum absolute atomic E-state index is 0.0148. The largest absolute Gasteiger partial charge is 0.444 e. The van der Waals surface area contributed by atoms with Crippen molar-refractivity contribution in [2.24, 2.45) is 0 Å². The van der Waals surface area contributed by atoms with Crippen LogP contribution in [0.25, 0.3) is 22.1 Å². The monoisotopic (exact) mass is 914 g/mol. The second-order valence-corrected chi connectivity index (χ2v) is 18.6. The van der Waals surface area contributed by atoms with Crippen LogP contribution in [0, 0.1) is 0 Å². The minimum atomic E-state index is -4.26. The number of nitrogens with one attached hydrogen (secondary N) is 4. The Morgan fingerprint density at radius 3 is 1.21 bits per heavy atom. The van der Waals surface area contributed by atoms with Crippen LogP contribution in [0.2, 0.25) is 20.1 Å². The Hall–Kier alpha value is -4.98. The summed E-state index contributed by atoms with van der Waals surface area (Å²) in [5.74, 6) is 0.314. The summed E-state index contributed by atoms with van der Waals surface area (Å²) in [6.45, 7) is 10.4. The lowest BCUT2D eigenvalue weighted by molar-refractivity contribution is 0.0623. The van der Waals surface area contributed by atoms with Crippen molar-refractivity contribution in [3.05, 3.63) is 92.9 Å². The molecule has 6 aromatic rings. The number of H-pyrrole nitrogens is 2. The van der Waals surface area contributed by atoms with Gasteiger partial charge in [0.2, 0.25) is 11.9 Å². The third-order valence-electron chi connectivity index (χ3n) is 6.90. The Bertz CT molecular complexity index is 2520. The number of benzene rings is 4. The molecular weight excluding hydrogens is 882 g/mol. The van der Waals surface area contributed by atoms with E-state index in [1.54, 1.807) is 41.5 Å². The van der Waals surface area contributed by atoms with Gasteiger partial charge in [-0.3, -0.25) is 10.6 Å². The molecule has 0 radical (unpaired) electrons. The Balaban J connectivity index is 0.000000221. The molecular formula is C36H34Cl4N6O10S2. The molecule has 2 heterocycles. The summed E-state index contributed by atoms with van der Waals surface area (Å²) in [6, 6.07) is 17.4. The van der Waals surface area contributed by atoms with Crippen molar-refractivity contribution < 1.29 is 44.3 Å². The Kier molecular flexibility index (Phi) is 13.0. The number of aromatic nitrogens is 4. The maximum atomic E-state index is 12.6. The first-order chi connectivity index (χ1) is 26.9. The second kappa shape index (κ2) is 17.1. The van der Waals surface area contributed by atoms with Crippen molar-refractivity contribution >= 4 is 113 Å². The van der Waals surface area contributed by atoms with E-state index in [-0.39, 0.29) is 53.3 Å². The van der Waals surface area contributed by atoms with Gasteiger partial charge in [0.25, 0.3) is 0 Å². The molecule has 6 rings (SSSR count). The molecule has 0 atom stereocenters. The number of imidazole rings is 2. The Morgan fingerprint density at radius 2 is 0.897 bits per heavy atom. The fraction of sp³-hybridized carbons (Fsp3) is 0.222. The maximum Gasteiger partial charge on any atom is 0.414 e. The van der Waals surface area contributed by atoms with E-state index in [2.05, 4.69) is 30.6 Å². The average molecular weight is 917 g/mol. The quantitative estimate of drug-likeness (QED) is 0.105. The van der Waals surface area contributed by atoms with Gasteiger partial charge in [0.1, 0.15) is 32.5 Å². The van der Waals surface area contributed by atoms with Crippen LogP contribution in [-0.2, 0) is 29.7 Å². The van der Waals surface area contributed by atoms with Gasteiger partial charge in [-0.1, -0.05) is 58.5 Å². The molecule has 0 aliphatic rings. The molecule has 16 nitrogen and oxygen atoms in total. The number of ether oxygens (including phenoxy) is 2. The Labute approximate surface area is 352 Å². The maximum absolute atomic E-state index is 12.6. The summed E-state index contributed by atoms with van der Waals surface area (Å²) in [6.07, 6.45) is -1.35. The van der Waals surface area contributed by atoms with Crippen molar-refractivity contribution in [2.45, 2.75) is 62.5 Å². The number of hydrogen-bond donors (Lipinski definition) is 4. The molecule has 22 heteroatoms. The molecule has 0 unspecified atom stereocenters. The predicted molar refractivity (Wildman–Crippen MR) is 220 cm³/mol. The number of hydrogen-bond acceptors (Lipinski definition) is 12. The molecule has 4 N–H and O–H groups in total. The molecule has 0 saturated carbocycles. The van der Waals surface area contributed by atoms with E-state index in [0.717, 1.165) is 0 Å². The highest BCUT2D eigenvalue weighted by Crippen LogP contribution is 2.34. The average Bonchev–Trinajstić information content (AvgIpc) is 3.64. The third kappa shape index (κ3) is 11.6. The lowest BCUT2D eigenvalue weighted by atomic mass is 10.2. The van der Waals surface area contributed by atoms with Crippen LogP contribution in [0.3, 0.4) is 0 Å². The number of halogens is 4. The molecule has 0 saturated heterocycles. The zero-order valence-electron chi connectivity index (χ0n) is 31.2. The lowest BCUT2D eigenvalue weighted by Gasteiger charge is -2.18. The van der Waals surface area contributed by atoms with Crippen LogP contribution in [0.1, 0.15) is 41.5 Å². The van der Waals surface area contributed by atoms with Gasteiger partial charge in [-0.25, -0.2) is 19.6 Å². The number of nitrogens with zero attached hydrogens (tertiary/aromatic N) is 2. The van der Waals surface area contributed by atoms with Crippen LogP contribution in [0.15, 0.2) is 82.6 Å². The van der Waals surface area contributed by atoms with Crippen LogP contribution in [0.4, 0.5) is 21.5 Å². The number of rotatable bonds is 8. The topological polar surface area (TPSA) is 221 Å². The summed E-state index contributed by atoms with van der Waals surface area (Å²) in [7, 11) is -8.53. The lowest BCUT2D eigenvalue weighted by Crippen LogP contribution is -2.27. The Morgan fingerprint density at radius 1 is 0.569 bits per heavy atom. The summed E-state index contributed by atoms with van der Waals surface area (Å²) in [5, 5.41) is 4.74. The van der Waals surface area contributed by atoms with Crippen molar-refractivity contribution in [3.8, 4) is 11.5 Å². The van der Waals surface area contributed by atoms with E-state index in [0.29, 0.717) is 22.1 Å². The number of anilines is 2. The van der Waals surface area contributed by atoms with Crippen LogP contribution >= 0.6 is 46.4 Å². The smallest absolute Gasteiger partial charge is 0.414 e. The van der Waals surface area contributed by atoms with Gasteiger partial charge in [0.15, 0.2) is 0 Å². The van der Waals surface area contributed by atoms with Crippen molar-refractivity contribution in [1.29, 1.82) is 0 Å². The van der Waals surface area contributed by atoms with Gasteiger partial charge in [-0.05, 0) is 90.1 Å². The number of carbonyl (C=O) groups is 2. The van der Waals surface area contributed by atoms with Gasteiger partial charge in [-0.2, -0.15) is 16.8 Å². The van der Waals surface area contributed by atoms with E-state index in [9.17, 15) is 26.4 Å². The molecule has 0 aliphatic heterocycles. The van der Waals surface area contributed by atoms with Crippen molar-refractivity contribution in [2.75, 3.05) is 10.6 Å². The first-order valence-electron chi connectivity index (χ1n) is 16.7. The van der Waals surface area contributed by atoms with Gasteiger partial charge in [-0.15, -0.1) is 0 Å². The molecule has 0 bridgehead atoms. The first kappa shape index (κ1) is 44.1. The molecule has 4 aromatic carbocycles. The third-order valence-corrected chi connectivity index (χ3v) is 11.3. The normalized spacial score (nSPS) is 12.0. The standard InChI is InChI=1S/2C18H17Cl2N3O5S/c2*1-18(2,3)27-17(24)23-16-21-13-8-7-10(9-14(13)22-16)28-29(25,26)15-11(19)5-4-6-12(15)20/h2*4-9H,1-3H3,(H2,21,22,23,24). The van der Waals surface area contributed by atoms with E-state index in [4.69, 9.17) is 64.2 Å². The van der Waals surface area contributed by atoms with Crippen LogP contribution in [0.5, 0.6) is 11.5 Å². The summed E-state index contributed by atoms with van der Waals surface area (Å²) in [5.41, 5.74) is 0.521. The zero-order chi connectivity index (χ0) is 42.8. The molecule has 0 fully saturated rings. The highest BCUT2D eigenvalue weighted by Gasteiger charge is 2.26. The fourth-order valence-corrected chi connectivity index (χ4v) is 8.82. The van der Waals surface area contributed by atoms with Gasteiger partial charge in [0, 0.05) is 12.1 Å². The molecule has 308 valence electrons. The summed E-state index contributed by atoms with van der Waals surface area (Å²) < 4.78 is 70.9. The summed E-state index contributed by atoms with van der Waals surface area (Å²) >= 11 is 23.8. The van der Waals surface area contributed by atoms with Crippen LogP contribution in [-0.4, -0.2) is 60.2 Å². The highest BCUT2D eigenvalue weighted by molar-refractivity contribution is 7.87. The van der Waals surface area contributed by atoms with E-state index >= 15 is 0 Å². The van der Waals surface area contributed by atoms with Gasteiger partial charge >= 0.3 is 32.4 Å². The number of amides is 2. The fourth-order valence-electron chi connectivity index (χ4n) is 4.78. The number of aromatic amines is 2. The van der Waals surface area contributed by atoms with E-state index in [1.807, 2.05) is 0 Å². The first-order valence-corrected chi connectivity index (χ1v) is 21.0. The minimum Gasteiger partial charge on any atom is -0.444 e. The SMILES string of the molecule is CC(C)(C)OC(=O)Nc1nc2ccc(OS(=O)(=O)c3c(Cl)cccc3Cl)cc2[nH]1.CC(C)(C)OC(=O)Nc1nc2ccc(OS(=O)(=O)c3c(Cl)cccc3Cl)cc2[nH]1. The van der Waals surface area contributed by atoms with Crippen molar-refractivity contribution in [3.63, 3.8) is 0 Å². The predicted octanol–water partition coefficient (Wildman–Crippen LogP) is 9.97. The molecule has 58 heavy (non-hydrogen) atoms. The second-order valence-electron chi connectivity index (χ2n) is 14.0. The molecule has 2 aromatic heterocycles. The van der Waals surface area contributed by atoms with Crippen LogP contribution < -0.4 is 19.0 Å². The summed E-state index contributed by atoms with van der Waals surface area (Å²) in [4.78, 5) is 37.2. The molecule has 0 aliphatic carbocycles. The molecule has 0 spiro atoms. The highest BCUT2D eigenvalue weighted by atomic mass is 35.5. The van der Waals surface area contributed by atoms with E-state index in [1.165, 1.54) is 72.8 Å². The zero-order valence-corrected chi connectivity index (χ0v) is 35.9. The number of carbonyl (C=O) groups excluding carboxylic acids is 2. The van der Waals surface area contributed by atoms with Gasteiger partial charge in [0.05, 0.1) is 42.2 Å². The van der Waals surface area contributed by atoms with Gasteiger partial charge < -0.3 is 27.8 Å². The van der Waals surface area contributed by atoms with E-state index < -0.39 is 43.6 Å². The van der Waals surface area contributed by atoms with Crippen molar-refractivity contribution in [1.82, 2.24) is 19.9 Å². The molecule has 2 amide bonds.